The molecule has 128 valence electrons. The Morgan fingerprint density at radius 3 is 2.71 bits per heavy atom. The lowest BCUT2D eigenvalue weighted by Gasteiger charge is -2.08. The minimum Gasteiger partial charge on any atom is -0.351 e. The molecule has 0 unspecified atom stereocenters. The van der Waals surface area contributed by atoms with Crippen LogP contribution in [0.5, 0.6) is 0 Å². The quantitative estimate of drug-likeness (QED) is 0.505. The van der Waals surface area contributed by atoms with Crippen LogP contribution < -0.4 is 5.32 Å². The molecule has 2 aromatic rings. The second-order valence-corrected chi connectivity index (χ2v) is 5.81. The van der Waals surface area contributed by atoms with Gasteiger partial charge in [0.05, 0.1) is 5.75 Å². The van der Waals surface area contributed by atoms with Crippen molar-refractivity contribution in [1.82, 2.24) is 15.3 Å². The first-order valence-corrected chi connectivity index (χ1v) is 7.79. The predicted molar refractivity (Wildman–Crippen MR) is 80.7 cm³/mol. The fourth-order valence-corrected chi connectivity index (χ4v) is 2.43. The van der Waals surface area contributed by atoms with Crippen LogP contribution in [-0.2, 0) is 17.5 Å². The van der Waals surface area contributed by atoms with Crippen molar-refractivity contribution in [2.24, 2.45) is 0 Å². The molecule has 1 heterocycles. The summed E-state index contributed by atoms with van der Waals surface area (Å²) < 4.78 is 50.7. The molecule has 1 amide bonds. The number of carbonyl (C=O) groups excluding carboxylic acids is 1. The Balaban J connectivity index is 1.86. The molecular formula is C15H13F4N3OS. The average molecular weight is 359 g/mol. The first kappa shape index (κ1) is 18.2. The Hall–Kier alpha value is -2.16. The van der Waals surface area contributed by atoms with Crippen LogP contribution in [0, 0.1) is 12.7 Å². The second kappa shape index (κ2) is 7.61. The van der Waals surface area contributed by atoms with E-state index in [1.54, 1.807) is 19.1 Å². The molecule has 0 saturated carbocycles. The Morgan fingerprint density at radius 1 is 1.29 bits per heavy atom. The zero-order valence-corrected chi connectivity index (χ0v) is 13.3. The summed E-state index contributed by atoms with van der Waals surface area (Å²) in [6.07, 6.45) is -3.56. The molecule has 0 radical (unpaired) electrons. The van der Waals surface area contributed by atoms with E-state index in [-0.39, 0.29) is 29.2 Å². The topological polar surface area (TPSA) is 54.9 Å². The highest BCUT2D eigenvalue weighted by Gasteiger charge is 2.32. The van der Waals surface area contributed by atoms with Crippen molar-refractivity contribution >= 4 is 17.7 Å². The molecule has 0 aliphatic rings. The van der Waals surface area contributed by atoms with Crippen LogP contribution in [0.1, 0.15) is 16.8 Å². The van der Waals surface area contributed by atoms with Crippen molar-refractivity contribution in [3.05, 3.63) is 53.1 Å². The molecule has 1 aromatic carbocycles. The summed E-state index contributed by atoms with van der Waals surface area (Å²) in [7, 11) is 0. The molecule has 0 fully saturated rings. The van der Waals surface area contributed by atoms with Gasteiger partial charge in [0.1, 0.15) is 11.5 Å². The van der Waals surface area contributed by atoms with Gasteiger partial charge in [-0.2, -0.15) is 13.2 Å². The van der Waals surface area contributed by atoms with Gasteiger partial charge in [0.25, 0.3) is 0 Å². The Labute approximate surface area is 139 Å². The molecule has 0 atom stereocenters. The average Bonchev–Trinajstić information content (AvgIpc) is 2.53. The molecule has 0 aliphatic heterocycles. The molecular weight excluding hydrogens is 346 g/mol. The van der Waals surface area contributed by atoms with E-state index in [0.717, 1.165) is 29.6 Å². The zero-order valence-electron chi connectivity index (χ0n) is 12.5. The zero-order chi connectivity index (χ0) is 17.7. The van der Waals surface area contributed by atoms with Gasteiger partial charge in [-0.1, -0.05) is 23.9 Å². The number of thioether (sulfide) groups is 1. The van der Waals surface area contributed by atoms with Gasteiger partial charge in [0, 0.05) is 12.7 Å². The molecule has 0 saturated heterocycles. The minimum absolute atomic E-state index is 0.124. The van der Waals surface area contributed by atoms with Crippen molar-refractivity contribution in [3.63, 3.8) is 0 Å². The van der Waals surface area contributed by atoms with E-state index in [0.29, 0.717) is 5.56 Å². The number of nitrogens with zero attached hydrogens (tertiary/aromatic N) is 2. The third kappa shape index (κ3) is 5.19. The third-order valence-corrected chi connectivity index (χ3v) is 3.83. The smallest absolute Gasteiger partial charge is 0.351 e. The lowest BCUT2D eigenvalue weighted by atomic mass is 10.1. The number of aromatic nitrogens is 2. The van der Waals surface area contributed by atoms with Gasteiger partial charge in [-0.15, -0.1) is 0 Å². The van der Waals surface area contributed by atoms with Gasteiger partial charge >= 0.3 is 6.18 Å². The Morgan fingerprint density at radius 2 is 2.04 bits per heavy atom. The Bertz CT molecular complexity index is 737. The van der Waals surface area contributed by atoms with E-state index >= 15 is 0 Å². The number of benzene rings is 1. The summed E-state index contributed by atoms with van der Waals surface area (Å²) in [5.41, 5.74) is 0.137. The largest absolute Gasteiger partial charge is 0.433 e. The highest BCUT2D eigenvalue weighted by atomic mass is 32.2. The number of halogens is 4. The fourth-order valence-electron chi connectivity index (χ4n) is 1.77. The monoisotopic (exact) mass is 359 g/mol. The molecule has 0 aliphatic carbocycles. The number of aryl methyl sites for hydroxylation is 1. The van der Waals surface area contributed by atoms with Crippen LogP contribution in [0.25, 0.3) is 0 Å². The van der Waals surface area contributed by atoms with E-state index in [1.165, 1.54) is 6.07 Å². The second-order valence-electron chi connectivity index (χ2n) is 4.87. The van der Waals surface area contributed by atoms with Gasteiger partial charge in [-0.3, -0.25) is 4.79 Å². The molecule has 24 heavy (non-hydrogen) atoms. The number of rotatable bonds is 5. The maximum atomic E-state index is 13.1. The maximum Gasteiger partial charge on any atom is 0.433 e. The fraction of sp³-hybridized carbons (Fsp3) is 0.267. The van der Waals surface area contributed by atoms with Crippen molar-refractivity contribution in [3.8, 4) is 0 Å². The van der Waals surface area contributed by atoms with Crippen molar-refractivity contribution < 1.29 is 22.4 Å². The van der Waals surface area contributed by atoms with E-state index in [1.807, 2.05) is 0 Å². The minimum atomic E-state index is -4.55. The van der Waals surface area contributed by atoms with Crippen molar-refractivity contribution in [1.29, 1.82) is 0 Å². The van der Waals surface area contributed by atoms with Gasteiger partial charge in [0.2, 0.25) is 5.91 Å². The van der Waals surface area contributed by atoms with Gasteiger partial charge < -0.3 is 5.32 Å². The molecule has 4 nitrogen and oxygen atoms in total. The van der Waals surface area contributed by atoms with Crippen LogP contribution in [0.15, 0.2) is 35.6 Å². The van der Waals surface area contributed by atoms with E-state index in [4.69, 9.17) is 0 Å². The maximum absolute atomic E-state index is 13.1. The lowest BCUT2D eigenvalue weighted by molar-refractivity contribution is -0.141. The van der Waals surface area contributed by atoms with Gasteiger partial charge in [-0.05, 0) is 30.2 Å². The van der Waals surface area contributed by atoms with E-state index < -0.39 is 11.9 Å². The highest BCUT2D eigenvalue weighted by Crippen LogP contribution is 2.28. The van der Waals surface area contributed by atoms with Crippen molar-refractivity contribution in [2.45, 2.75) is 24.8 Å². The van der Waals surface area contributed by atoms with E-state index in [2.05, 4.69) is 15.3 Å². The van der Waals surface area contributed by atoms with E-state index in [9.17, 15) is 22.4 Å². The van der Waals surface area contributed by atoms with Crippen molar-refractivity contribution in [2.75, 3.05) is 5.75 Å². The van der Waals surface area contributed by atoms with Crippen LogP contribution in [0.3, 0.4) is 0 Å². The first-order valence-electron chi connectivity index (χ1n) is 6.80. The van der Waals surface area contributed by atoms with Crippen LogP contribution in [0.2, 0.25) is 0 Å². The van der Waals surface area contributed by atoms with Gasteiger partial charge in [-0.25, -0.2) is 14.4 Å². The molecule has 0 spiro atoms. The molecule has 2 rings (SSSR count). The third-order valence-electron chi connectivity index (χ3n) is 2.97. The number of alkyl halides is 3. The molecule has 9 heteroatoms. The number of nitrogens with one attached hydrogen (secondary N) is 1. The first-order chi connectivity index (χ1) is 11.3. The van der Waals surface area contributed by atoms with Crippen LogP contribution >= 0.6 is 11.8 Å². The lowest BCUT2D eigenvalue weighted by Crippen LogP contribution is -2.24. The van der Waals surface area contributed by atoms with Crippen LogP contribution in [-0.4, -0.2) is 21.6 Å². The summed E-state index contributed by atoms with van der Waals surface area (Å²) in [4.78, 5) is 18.8. The predicted octanol–water partition coefficient (Wildman–Crippen LogP) is 3.35. The Kier molecular flexibility index (Phi) is 5.76. The summed E-state index contributed by atoms with van der Waals surface area (Å²) in [5.74, 6) is -0.841. The number of amides is 1. The van der Waals surface area contributed by atoms with Gasteiger partial charge in [0.15, 0.2) is 5.16 Å². The summed E-state index contributed by atoms with van der Waals surface area (Å²) in [5, 5.41) is 2.47. The standard InChI is InChI=1S/C15H13F4N3OS/c1-9-6-10(2-3-11(9)16)7-21-13(23)8-24-14-20-5-4-12(22-14)15(17,18)19/h2-6H,7-8H2,1H3,(H,21,23). The summed E-state index contributed by atoms with van der Waals surface area (Å²) >= 11 is 0.805. The highest BCUT2D eigenvalue weighted by molar-refractivity contribution is 7.99. The molecule has 1 aromatic heterocycles. The number of hydrogen-bond donors (Lipinski definition) is 1. The number of carbonyl (C=O) groups is 1. The summed E-state index contributed by atoms with van der Waals surface area (Å²) in [6, 6.07) is 5.23. The molecule has 0 bridgehead atoms. The SMILES string of the molecule is Cc1cc(CNC(=O)CSc2nccc(C(F)(F)F)n2)ccc1F. The number of hydrogen-bond acceptors (Lipinski definition) is 4. The van der Waals surface area contributed by atoms with Crippen LogP contribution in [0.4, 0.5) is 17.6 Å². The summed E-state index contributed by atoms with van der Waals surface area (Å²) in [6.45, 7) is 1.81. The normalized spacial score (nSPS) is 11.4. The molecule has 1 N–H and O–H groups in total.